The molecule has 1 aliphatic carbocycles. The molecular weight excluding hydrogens is 382 g/mol. The van der Waals surface area contributed by atoms with Crippen LogP contribution in [0.5, 0.6) is 5.75 Å². The average molecular weight is 407 g/mol. The van der Waals surface area contributed by atoms with E-state index in [1.54, 1.807) is 25.9 Å². The highest BCUT2D eigenvalue weighted by molar-refractivity contribution is 7.89. The zero-order chi connectivity index (χ0) is 20.5. The molecule has 3 rings (SSSR count). The lowest BCUT2D eigenvalue weighted by atomic mass is 10.2. The predicted molar refractivity (Wildman–Crippen MR) is 102 cm³/mol. The van der Waals surface area contributed by atoms with Gasteiger partial charge in [-0.05, 0) is 51.3 Å². The number of aromatic nitrogens is 1. The third kappa shape index (κ3) is 4.36. The van der Waals surface area contributed by atoms with Gasteiger partial charge in [0.2, 0.25) is 15.9 Å². The SMILES string of the molecule is COc1ccc(CN(C(=O)[C@H](C)NS(=O)(=O)c2c(C)noc2C)C2CC2)cc1. The molecule has 1 atom stereocenters. The van der Waals surface area contributed by atoms with Gasteiger partial charge in [-0.25, -0.2) is 8.42 Å². The summed E-state index contributed by atoms with van der Waals surface area (Å²) < 4.78 is 38.0. The Kier molecular flexibility index (Phi) is 5.76. The molecule has 8 nitrogen and oxygen atoms in total. The van der Waals surface area contributed by atoms with Gasteiger partial charge in [-0.3, -0.25) is 4.79 Å². The molecule has 1 aromatic heterocycles. The van der Waals surface area contributed by atoms with Crippen LogP contribution in [0.3, 0.4) is 0 Å². The highest BCUT2D eigenvalue weighted by atomic mass is 32.2. The van der Waals surface area contributed by atoms with E-state index >= 15 is 0 Å². The van der Waals surface area contributed by atoms with Crippen molar-refractivity contribution < 1.29 is 22.5 Å². The molecule has 0 saturated heterocycles. The van der Waals surface area contributed by atoms with E-state index in [1.165, 1.54) is 6.92 Å². The number of sulfonamides is 1. The van der Waals surface area contributed by atoms with Gasteiger partial charge in [0, 0.05) is 12.6 Å². The van der Waals surface area contributed by atoms with Crippen molar-refractivity contribution in [1.29, 1.82) is 0 Å². The molecular formula is C19H25N3O5S. The summed E-state index contributed by atoms with van der Waals surface area (Å²) in [5, 5.41) is 3.68. The molecule has 0 bridgehead atoms. The molecule has 1 heterocycles. The van der Waals surface area contributed by atoms with Gasteiger partial charge >= 0.3 is 0 Å². The second-order valence-electron chi connectivity index (χ2n) is 7.04. The second-order valence-corrected chi connectivity index (χ2v) is 8.69. The van der Waals surface area contributed by atoms with Crippen molar-refractivity contribution >= 4 is 15.9 Å². The minimum Gasteiger partial charge on any atom is -0.497 e. The quantitative estimate of drug-likeness (QED) is 0.719. The molecule has 1 aliphatic rings. The van der Waals surface area contributed by atoms with Crippen molar-refractivity contribution in [3.8, 4) is 5.75 Å². The number of benzene rings is 1. The lowest BCUT2D eigenvalue weighted by molar-refractivity contribution is -0.133. The Labute approximate surface area is 164 Å². The van der Waals surface area contributed by atoms with Gasteiger partial charge in [-0.15, -0.1) is 0 Å². The van der Waals surface area contributed by atoms with Crippen LogP contribution in [-0.4, -0.2) is 43.6 Å². The zero-order valence-corrected chi connectivity index (χ0v) is 17.2. The molecule has 0 spiro atoms. The molecule has 1 N–H and O–H groups in total. The van der Waals surface area contributed by atoms with Gasteiger partial charge in [-0.2, -0.15) is 4.72 Å². The monoisotopic (exact) mass is 407 g/mol. The molecule has 152 valence electrons. The summed E-state index contributed by atoms with van der Waals surface area (Å²) in [6.45, 7) is 5.06. The van der Waals surface area contributed by atoms with E-state index in [1.807, 2.05) is 24.3 Å². The van der Waals surface area contributed by atoms with Gasteiger partial charge in [0.25, 0.3) is 0 Å². The minimum atomic E-state index is -3.91. The van der Waals surface area contributed by atoms with Crippen LogP contribution in [0.25, 0.3) is 0 Å². The summed E-state index contributed by atoms with van der Waals surface area (Å²) in [5.74, 6) is 0.684. The molecule has 1 fully saturated rings. The van der Waals surface area contributed by atoms with Crippen LogP contribution in [0, 0.1) is 13.8 Å². The Bertz CT molecular complexity index is 929. The Hall–Kier alpha value is -2.39. The van der Waals surface area contributed by atoms with Gasteiger partial charge < -0.3 is 14.2 Å². The lowest BCUT2D eigenvalue weighted by Crippen LogP contribution is -2.47. The van der Waals surface area contributed by atoms with Crippen molar-refractivity contribution in [3.63, 3.8) is 0 Å². The summed E-state index contributed by atoms with van der Waals surface area (Å²) in [7, 11) is -2.31. The number of methoxy groups -OCH3 is 1. The van der Waals surface area contributed by atoms with E-state index in [0.717, 1.165) is 24.2 Å². The molecule has 28 heavy (non-hydrogen) atoms. The molecule has 0 radical (unpaired) electrons. The molecule has 9 heteroatoms. The maximum absolute atomic E-state index is 13.0. The summed E-state index contributed by atoms with van der Waals surface area (Å²) >= 11 is 0. The van der Waals surface area contributed by atoms with Crippen molar-refractivity contribution in [2.24, 2.45) is 0 Å². The first-order valence-electron chi connectivity index (χ1n) is 9.11. The maximum Gasteiger partial charge on any atom is 0.246 e. The number of nitrogens with zero attached hydrogens (tertiary/aromatic N) is 2. The summed E-state index contributed by atoms with van der Waals surface area (Å²) in [4.78, 5) is 14.7. The standard InChI is InChI=1S/C19H25N3O5S/c1-12-18(14(3)27-20-12)28(24,25)21-13(2)19(23)22(16-7-8-16)11-15-5-9-17(26-4)10-6-15/h5-6,9-10,13,16,21H,7-8,11H2,1-4H3/t13-/m0/s1. The molecule has 1 saturated carbocycles. The molecule has 2 aromatic rings. The van der Waals surface area contributed by atoms with E-state index in [-0.39, 0.29) is 28.3 Å². The Morgan fingerprint density at radius 2 is 1.96 bits per heavy atom. The van der Waals surface area contributed by atoms with Crippen LogP contribution in [0.4, 0.5) is 0 Å². The number of hydrogen-bond donors (Lipinski definition) is 1. The van der Waals surface area contributed by atoms with E-state index in [4.69, 9.17) is 9.26 Å². The predicted octanol–water partition coefficient (Wildman–Crippen LogP) is 2.16. The smallest absolute Gasteiger partial charge is 0.246 e. The molecule has 1 amide bonds. The van der Waals surface area contributed by atoms with Crippen molar-refractivity contribution in [2.45, 2.75) is 57.1 Å². The van der Waals surface area contributed by atoms with E-state index in [0.29, 0.717) is 6.54 Å². The first-order valence-corrected chi connectivity index (χ1v) is 10.6. The Morgan fingerprint density at radius 3 is 2.46 bits per heavy atom. The number of nitrogens with one attached hydrogen (secondary N) is 1. The van der Waals surface area contributed by atoms with Gasteiger partial charge in [0.15, 0.2) is 5.76 Å². The lowest BCUT2D eigenvalue weighted by Gasteiger charge is -2.26. The van der Waals surface area contributed by atoms with Crippen molar-refractivity contribution in [2.75, 3.05) is 7.11 Å². The summed E-state index contributed by atoms with van der Waals surface area (Å²) in [6.07, 6.45) is 1.84. The number of carbonyl (C=O) groups excluding carboxylic acids is 1. The second kappa shape index (κ2) is 7.92. The zero-order valence-electron chi connectivity index (χ0n) is 16.4. The first kappa shape index (κ1) is 20.3. The average Bonchev–Trinajstić information content (AvgIpc) is 3.43. The van der Waals surface area contributed by atoms with E-state index in [2.05, 4.69) is 9.88 Å². The fourth-order valence-corrected chi connectivity index (χ4v) is 4.68. The number of aryl methyl sites for hydroxylation is 2. The summed E-state index contributed by atoms with van der Waals surface area (Å²) in [6, 6.07) is 6.72. The minimum absolute atomic E-state index is 0.0136. The number of hydrogen-bond acceptors (Lipinski definition) is 6. The number of ether oxygens (including phenoxy) is 1. The molecule has 0 aliphatic heterocycles. The Balaban J connectivity index is 1.74. The van der Waals surface area contributed by atoms with Crippen LogP contribution in [0.1, 0.15) is 36.8 Å². The third-order valence-electron chi connectivity index (χ3n) is 4.72. The topological polar surface area (TPSA) is 102 Å². The van der Waals surface area contributed by atoms with Crippen LogP contribution in [-0.2, 0) is 21.4 Å². The Morgan fingerprint density at radius 1 is 1.32 bits per heavy atom. The highest BCUT2D eigenvalue weighted by Gasteiger charge is 2.36. The first-order chi connectivity index (χ1) is 13.2. The normalized spacial score (nSPS) is 15.3. The molecule has 0 unspecified atom stereocenters. The van der Waals surface area contributed by atoms with Crippen LogP contribution in [0.15, 0.2) is 33.7 Å². The van der Waals surface area contributed by atoms with Crippen LogP contribution in [0.2, 0.25) is 0 Å². The van der Waals surface area contributed by atoms with Crippen LogP contribution < -0.4 is 9.46 Å². The van der Waals surface area contributed by atoms with Crippen LogP contribution >= 0.6 is 0 Å². The number of carbonyl (C=O) groups is 1. The maximum atomic E-state index is 13.0. The fraction of sp³-hybridized carbons (Fsp3) is 0.474. The van der Waals surface area contributed by atoms with Gasteiger partial charge in [-0.1, -0.05) is 17.3 Å². The van der Waals surface area contributed by atoms with E-state index < -0.39 is 16.1 Å². The number of rotatable bonds is 8. The van der Waals surface area contributed by atoms with E-state index in [9.17, 15) is 13.2 Å². The number of amides is 1. The highest BCUT2D eigenvalue weighted by Crippen LogP contribution is 2.29. The van der Waals surface area contributed by atoms with Crippen molar-refractivity contribution in [1.82, 2.24) is 14.8 Å². The fourth-order valence-electron chi connectivity index (χ4n) is 3.15. The van der Waals surface area contributed by atoms with Crippen molar-refractivity contribution in [3.05, 3.63) is 41.3 Å². The molecule has 1 aromatic carbocycles. The van der Waals surface area contributed by atoms with Gasteiger partial charge in [0.05, 0.1) is 13.2 Å². The van der Waals surface area contributed by atoms with Gasteiger partial charge in [0.1, 0.15) is 16.3 Å². The largest absolute Gasteiger partial charge is 0.497 e. The summed E-state index contributed by atoms with van der Waals surface area (Å²) in [5.41, 5.74) is 1.23. The third-order valence-corrected chi connectivity index (χ3v) is 6.51.